The minimum Gasteiger partial charge on any atom is -0.192 e. The van der Waals surface area contributed by atoms with Crippen LogP contribution in [0.25, 0.3) is 0 Å². The number of rotatable bonds is 4. The van der Waals surface area contributed by atoms with Gasteiger partial charge in [-0.15, -0.1) is 5.73 Å². The molecule has 0 nitrogen and oxygen atoms in total. The Morgan fingerprint density at radius 1 is 1.04 bits per heavy atom. The second kappa shape index (κ2) is 6.99. The van der Waals surface area contributed by atoms with E-state index >= 15 is 0 Å². The van der Waals surface area contributed by atoms with E-state index in [0.717, 1.165) is 6.42 Å². The van der Waals surface area contributed by atoms with E-state index in [4.69, 9.17) is 0 Å². The Bertz CT molecular complexity index is 735. The summed E-state index contributed by atoms with van der Waals surface area (Å²) in [6.07, 6.45) is 13.9. The Kier molecular flexibility index (Phi) is 5.45. The first kappa shape index (κ1) is 17.9. The lowest BCUT2D eigenvalue weighted by Gasteiger charge is -2.38. The van der Waals surface area contributed by atoms with Crippen LogP contribution in [0.4, 0.5) is 0 Å². The van der Waals surface area contributed by atoms with Crippen molar-refractivity contribution < 1.29 is 0 Å². The monoisotopic (exact) mass is 326 g/mol. The zero-order valence-electron chi connectivity index (χ0n) is 15.7. The molecule has 0 heterocycles. The average Bonchev–Trinajstić information content (AvgIpc) is 2.63. The van der Waals surface area contributed by atoms with E-state index < -0.39 is 10.0 Å². The van der Waals surface area contributed by atoms with E-state index in [1.165, 1.54) is 39.2 Å². The summed E-state index contributed by atoms with van der Waals surface area (Å²) in [6.45, 7) is 11.1. The van der Waals surface area contributed by atoms with Gasteiger partial charge in [0.2, 0.25) is 0 Å². The first-order valence-corrected chi connectivity index (χ1v) is 10.9. The molecule has 0 saturated heterocycles. The fourth-order valence-corrected chi connectivity index (χ4v) is 6.70. The second-order valence-corrected chi connectivity index (χ2v) is 10.4. The molecule has 0 bridgehead atoms. The Hall–Kier alpha value is -1.43. The van der Waals surface area contributed by atoms with Gasteiger partial charge in [0.25, 0.3) is 0 Å². The molecule has 2 rings (SSSR count). The molecule has 1 heteroatoms. The van der Waals surface area contributed by atoms with Crippen LogP contribution >= 0.6 is 10.0 Å². The van der Waals surface area contributed by atoms with Crippen molar-refractivity contribution in [2.75, 3.05) is 12.5 Å². The minimum absolute atomic E-state index is 1.07. The van der Waals surface area contributed by atoms with E-state index in [0.29, 0.717) is 0 Å². The molecule has 1 aliphatic rings. The Labute approximate surface area is 144 Å². The van der Waals surface area contributed by atoms with E-state index in [1.807, 2.05) is 0 Å². The smallest absolute Gasteiger partial charge is 0.00431 e. The first-order chi connectivity index (χ1) is 10.8. The molecule has 0 N–H and O–H groups in total. The van der Waals surface area contributed by atoms with Crippen molar-refractivity contribution in [2.24, 2.45) is 0 Å². The van der Waals surface area contributed by atoms with Crippen molar-refractivity contribution in [3.8, 4) is 0 Å². The maximum absolute atomic E-state index is 3.55. The molecule has 124 valence electrons. The minimum atomic E-state index is -1.07. The lowest BCUT2D eigenvalue weighted by Crippen LogP contribution is -2.08. The Morgan fingerprint density at radius 3 is 2.39 bits per heavy atom. The Morgan fingerprint density at radius 2 is 1.74 bits per heavy atom. The molecular weight excluding hydrogens is 296 g/mol. The molecular formula is C22H30S. The predicted molar refractivity (Wildman–Crippen MR) is 107 cm³/mol. The van der Waals surface area contributed by atoms with Gasteiger partial charge in [-0.3, -0.25) is 0 Å². The number of benzene rings is 1. The van der Waals surface area contributed by atoms with Crippen LogP contribution in [0.3, 0.4) is 0 Å². The van der Waals surface area contributed by atoms with Crippen LogP contribution in [0, 0.1) is 13.8 Å². The van der Waals surface area contributed by atoms with Crippen molar-refractivity contribution >= 4 is 10.0 Å². The van der Waals surface area contributed by atoms with E-state index in [1.54, 1.807) is 4.90 Å². The number of aryl methyl sites for hydroxylation is 2. The molecule has 0 spiro atoms. The third-order valence-corrected chi connectivity index (χ3v) is 7.82. The maximum Gasteiger partial charge on any atom is 0.00431 e. The molecule has 0 amide bonds. The third-order valence-electron chi connectivity index (χ3n) is 4.69. The van der Waals surface area contributed by atoms with E-state index in [-0.39, 0.29) is 0 Å². The van der Waals surface area contributed by atoms with Gasteiger partial charge in [0.15, 0.2) is 0 Å². The predicted octanol–water partition coefficient (Wildman–Crippen LogP) is 6.62. The maximum atomic E-state index is 3.55. The van der Waals surface area contributed by atoms with Crippen LogP contribution in [0.2, 0.25) is 0 Å². The largest absolute Gasteiger partial charge is 0.192 e. The van der Waals surface area contributed by atoms with Crippen molar-refractivity contribution in [1.82, 2.24) is 0 Å². The van der Waals surface area contributed by atoms with Crippen molar-refractivity contribution in [1.29, 1.82) is 0 Å². The van der Waals surface area contributed by atoms with Gasteiger partial charge >= 0.3 is 0 Å². The molecule has 1 aliphatic carbocycles. The van der Waals surface area contributed by atoms with Crippen LogP contribution in [0.1, 0.15) is 43.9 Å². The fourth-order valence-electron chi connectivity index (χ4n) is 3.49. The highest BCUT2D eigenvalue weighted by atomic mass is 32.3. The van der Waals surface area contributed by atoms with Crippen LogP contribution in [0.15, 0.2) is 57.0 Å². The molecule has 0 aromatic heterocycles. The molecule has 1 aromatic rings. The van der Waals surface area contributed by atoms with Gasteiger partial charge in [-0.1, -0.05) is 37.6 Å². The molecule has 0 atom stereocenters. The summed E-state index contributed by atoms with van der Waals surface area (Å²) in [5.74, 6) is 0. The summed E-state index contributed by atoms with van der Waals surface area (Å²) in [7, 11) is -1.07. The summed E-state index contributed by atoms with van der Waals surface area (Å²) in [4.78, 5) is 3.04. The van der Waals surface area contributed by atoms with Gasteiger partial charge in [-0.05, 0) is 75.0 Å². The van der Waals surface area contributed by atoms with Crippen molar-refractivity contribution in [2.45, 2.75) is 52.4 Å². The molecule has 1 aromatic carbocycles. The molecule has 0 aliphatic heterocycles. The van der Waals surface area contributed by atoms with Crippen LogP contribution in [0.5, 0.6) is 0 Å². The molecule has 0 fully saturated rings. The van der Waals surface area contributed by atoms with Gasteiger partial charge in [-0.2, -0.15) is 10.0 Å². The van der Waals surface area contributed by atoms with Gasteiger partial charge in [-0.25, -0.2) is 0 Å². The molecule has 0 radical (unpaired) electrons. The quantitative estimate of drug-likeness (QED) is 0.545. The van der Waals surface area contributed by atoms with Gasteiger partial charge < -0.3 is 0 Å². The topological polar surface area (TPSA) is 0 Å². The number of allylic oxidation sites excluding steroid dienone is 4. The van der Waals surface area contributed by atoms with Crippen molar-refractivity contribution in [3.05, 3.63) is 68.8 Å². The molecule has 0 saturated carbocycles. The zero-order chi connectivity index (χ0) is 17.2. The molecule has 23 heavy (non-hydrogen) atoms. The van der Waals surface area contributed by atoms with Crippen LogP contribution in [-0.2, 0) is 6.42 Å². The Balaban J connectivity index is 2.69. The first-order valence-electron chi connectivity index (χ1n) is 8.44. The highest BCUT2D eigenvalue weighted by molar-refractivity contribution is 8.36. The molecule has 0 unspecified atom stereocenters. The van der Waals surface area contributed by atoms with Crippen molar-refractivity contribution in [3.63, 3.8) is 0 Å². The van der Waals surface area contributed by atoms with Crippen LogP contribution in [-0.4, -0.2) is 12.5 Å². The van der Waals surface area contributed by atoms with E-state index in [2.05, 4.69) is 83.2 Å². The summed E-state index contributed by atoms with van der Waals surface area (Å²) >= 11 is 0. The summed E-state index contributed by atoms with van der Waals surface area (Å²) in [5.41, 5.74) is 10.4. The van der Waals surface area contributed by atoms with Gasteiger partial charge in [0.1, 0.15) is 0 Å². The average molecular weight is 327 g/mol. The zero-order valence-corrected chi connectivity index (χ0v) is 16.5. The number of hydrogen-bond donors (Lipinski definition) is 0. The summed E-state index contributed by atoms with van der Waals surface area (Å²) in [5, 5.41) is 0. The second-order valence-electron chi connectivity index (χ2n) is 6.90. The third kappa shape index (κ3) is 3.57. The van der Waals surface area contributed by atoms with Crippen LogP contribution < -0.4 is 0 Å². The lowest BCUT2D eigenvalue weighted by atomic mass is 10.0. The van der Waals surface area contributed by atoms with Gasteiger partial charge in [0.05, 0.1) is 0 Å². The summed E-state index contributed by atoms with van der Waals surface area (Å²) in [6, 6.07) is 4.64. The summed E-state index contributed by atoms with van der Waals surface area (Å²) < 4.78 is 0. The lowest BCUT2D eigenvalue weighted by molar-refractivity contribution is 0.892. The SMILES string of the molecule is CCCc1ccc(C)c(C)c1S(C)(C)C1=CC=CC(C)=C=C1C. The highest BCUT2D eigenvalue weighted by Crippen LogP contribution is 2.61. The standard InChI is InChI=1S/C22H30S/c1-8-10-20-14-13-17(3)19(5)22(20)23(6,7)21-12-9-11-16(2)15-18(21)4/h9,11-14H,8,10H2,1-7H3. The van der Waals surface area contributed by atoms with E-state index in [9.17, 15) is 0 Å². The van der Waals surface area contributed by atoms with Gasteiger partial charge in [0, 0.05) is 15.4 Å². The normalized spacial score (nSPS) is 15.7. The fraction of sp³-hybridized carbons (Fsp3) is 0.409. The number of hydrogen-bond acceptors (Lipinski definition) is 0. The highest BCUT2D eigenvalue weighted by Gasteiger charge is 2.26.